The average molecular weight is 328 g/mol. The van der Waals surface area contributed by atoms with Crippen LogP contribution in [0.15, 0.2) is 28.8 Å². The number of aryl methyl sites for hydroxylation is 2. The van der Waals surface area contributed by atoms with Gasteiger partial charge in [-0.1, -0.05) is 17.3 Å². The normalized spacial score (nSPS) is 14.2. The molecule has 0 radical (unpaired) electrons. The largest absolute Gasteiger partial charge is 0.457 e. The van der Waals surface area contributed by atoms with E-state index in [1.165, 1.54) is 0 Å². The SMILES string of the molecule is Cc1noc(C)c1COC(=O)c1cccc(CN2CCCC2=O)c1. The Hall–Kier alpha value is -2.63. The first kappa shape index (κ1) is 16.2. The Balaban J connectivity index is 1.64. The van der Waals surface area contributed by atoms with E-state index in [2.05, 4.69) is 5.16 Å². The number of likely N-dealkylation sites (tertiary alicyclic amines) is 1. The van der Waals surface area contributed by atoms with Crippen LogP contribution in [0.2, 0.25) is 0 Å². The Morgan fingerprint density at radius 2 is 2.21 bits per heavy atom. The van der Waals surface area contributed by atoms with Crippen LogP contribution >= 0.6 is 0 Å². The summed E-state index contributed by atoms with van der Waals surface area (Å²) in [5.74, 6) is 0.424. The monoisotopic (exact) mass is 328 g/mol. The van der Waals surface area contributed by atoms with Gasteiger partial charge in [0.1, 0.15) is 12.4 Å². The lowest BCUT2D eigenvalue weighted by Gasteiger charge is -2.15. The molecule has 0 saturated carbocycles. The van der Waals surface area contributed by atoms with Gasteiger partial charge in [0.05, 0.1) is 16.8 Å². The van der Waals surface area contributed by atoms with Crippen LogP contribution in [-0.4, -0.2) is 28.5 Å². The van der Waals surface area contributed by atoms with Crippen molar-refractivity contribution in [3.05, 3.63) is 52.4 Å². The third kappa shape index (κ3) is 3.48. The van der Waals surface area contributed by atoms with E-state index in [-0.39, 0.29) is 12.5 Å². The van der Waals surface area contributed by atoms with Gasteiger partial charge in [-0.25, -0.2) is 4.79 Å². The van der Waals surface area contributed by atoms with Crippen molar-refractivity contribution in [1.82, 2.24) is 10.1 Å². The lowest BCUT2D eigenvalue weighted by Crippen LogP contribution is -2.23. The zero-order chi connectivity index (χ0) is 17.1. The fourth-order valence-corrected chi connectivity index (χ4v) is 2.82. The summed E-state index contributed by atoms with van der Waals surface area (Å²) < 4.78 is 10.4. The fourth-order valence-electron chi connectivity index (χ4n) is 2.82. The summed E-state index contributed by atoms with van der Waals surface area (Å²) in [6.07, 6.45) is 1.51. The van der Waals surface area contributed by atoms with Crippen molar-refractivity contribution >= 4 is 11.9 Å². The van der Waals surface area contributed by atoms with Crippen LogP contribution in [0, 0.1) is 13.8 Å². The molecule has 6 nitrogen and oxygen atoms in total. The van der Waals surface area contributed by atoms with E-state index in [0.717, 1.165) is 29.8 Å². The topological polar surface area (TPSA) is 72.6 Å². The lowest BCUT2D eigenvalue weighted by molar-refractivity contribution is -0.128. The molecule has 0 unspecified atom stereocenters. The number of rotatable bonds is 5. The molecule has 1 amide bonds. The van der Waals surface area contributed by atoms with Crippen molar-refractivity contribution in [2.75, 3.05) is 6.54 Å². The molecule has 1 aliphatic heterocycles. The summed E-state index contributed by atoms with van der Waals surface area (Å²) in [6.45, 7) is 5.04. The van der Waals surface area contributed by atoms with Crippen molar-refractivity contribution in [3.8, 4) is 0 Å². The van der Waals surface area contributed by atoms with E-state index in [9.17, 15) is 9.59 Å². The van der Waals surface area contributed by atoms with Crippen molar-refractivity contribution in [2.45, 2.75) is 39.8 Å². The quantitative estimate of drug-likeness (QED) is 0.789. The zero-order valence-corrected chi connectivity index (χ0v) is 13.9. The molecule has 126 valence electrons. The molecule has 1 aromatic heterocycles. The number of aromatic nitrogens is 1. The van der Waals surface area contributed by atoms with E-state index in [1.807, 2.05) is 24.0 Å². The van der Waals surface area contributed by atoms with E-state index in [4.69, 9.17) is 9.26 Å². The minimum Gasteiger partial charge on any atom is -0.457 e. The molecule has 3 rings (SSSR count). The van der Waals surface area contributed by atoms with Gasteiger partial charge in [0, 0.05) is 19.5 Å². The Bertz CT molecular complexity index is 747. The average Bonchev–Trinajstić information content (AvgIpc) is 3.12. The van der Waals surface area contributed by atoms with Crippen LogP contribution in [0.3, 0.4) is 0 Å². The standard InChI is InChI=1S/C18H20N2O4/c1-12-16(13(2)24-19-12)11-23-18(22)15-6-3-5-14(9-15)10-20-8-4-7-17(20)21/h3,5-6,9H,4,7-8,10-11H2,1-2H3. The minimum absolute atomic E-state index is 0.134. The number of esters is 1. The molecule has 0 bridgehead atoms. The van der Waals surface area contributed by atoms with Crippen molar-refractivity contribution < 1.29 is 18.8 Å². The van der Waals surface area contributed by atoms with Crippen LogP contribution in [0.5, 0.6) is 0 Å². The minimum atomic E-state index is -0.399. The molecule has 0 N–H and O–H groups in total. The highest BCUT2D eigenvalue weighted by Gasteiger charge is 2.20. The summed E-state index contributed by atoms with van der Waals surface area (Å²) in [4.78, 5) is 25.8. The second-order valence-electron chi connectivity index (χ2n) is 6.00. The molecule has 6 heteroatoms. The van der Waals surface area contributed by atoms with Gasteiger partial charge in [0.25, 0.3) is 0 Å². The number of carbonyl (C=O) groups excluding carboxylic acids is 2. The van der Waals surface area contributed by atoms with Crippen LogP contribution in [0.4, 0.5) is 0 Å². The third-order valence-electron chi connectivity index (χ3n) is 4.24. The van der Waals surface area contributed by atoms with Gasteiger partial charge in [-0.15, -0.1) is 0 Å². The molecule has 1 fully saturated rings. The maximum Gasteiger partial charge on any atom is 0.338 e. The second kappa shape index (κ2) is 6.86. The van der Waals surface area contributed by atoms with E-state index in [1.54, 1.807) is 19.1 Å². The van der Waals surface area contributed by atoms with E-state index in [0.29, 0.717) is 24.3 Å². The number of nitrogens with zero attached hydrogens (tertiary/aromatic N) is 2. The van der Waals surface area contributed by atoms with Crippen LogP contribution in [-0.2, 0) is 22.7 Å². The number of ether oxygens (including phenoxy) is 1. The zero-order valence-electron chi connectivity index (χ0n) is 13.9. The summed E-state index contributed by atoms with van der Waals surface area (Å²) >= 11 is 0. The number of carbonyl (C=O) groups is 2. The van der Waals surface area contributed by atoms with E-state index < -0.39 is 5.97 Å². The molecule has 1 saturated heterocycles. The molecule has 2 aromatic rings. The number of amides is 1. The predicted octanol–water partition coefficient (Wildman–Crippen LogP) is 2.77. The van der Waals surface area contributed by atoms with E-state index >= 15 is 0 Å². The van der Waals surface area contributed by atoms with Crippen molar-refractivity contribution in [1.29, 1.82) is 0 Å². The van der Waals surface area contributed by atoms with Gasteiger partial charge in [-0.3, -0.25) is 4.79 Å². The molecular formula is C18H20N2O4. The Kier molecular flexibility index (Phi) is 4.64. The highest BCUT2D eigenvalue weighted by molar-refractivity contribution is 5.89. The molecule has 1 aliphatic rings. The highest BCUT2D eigenvalue weighted by atomic mass is 16.5. The maximum atomic E-state index is 12.3. The Morgan fingerprint density at radius 1 is 1.38 bits per heavy atom. The van der Waals surface area contributed by atoms with Gasteiger partial charge < -0.3 is 14.2 Å². The molecule has 24 heavy (non-hydrogen) atoms. The first-order valence-electron chi connectivity index (χ1n) is 8.00. The van der Waals surface area contributed by atoms with Gasteiger partial charge in [0.15, 0.2) is 0 Å². The summed E-state index contributed by atoms with van der Waals surface area (Å²) in [5.41, 5.74) is 2.92. The van der Waals surface area contributed by atoms with Gasteiger partial charge in [-0.05, 0) is 38.0 Å². The lowest BCUT2D eigenvalue weighted by atomic mass is 10.1. The first-order valence-corrected chi connectivity index (χ1v) is 8.00. The van der Waals surface area contributed by atoms with Crippen molar-refractivity contribution in [3.63, 3.8) is 0 Å². The van der Waals surface area contributed by atoms with Gasteiger partial charge in [0.2, 0.25) is 5.91 Å². The summed E-state index contributed by atoms with van der Waals surface area (Å²) in [5, 5.41) is 3.84. The van der Waals surface area contributed by atoms with Crippen LogP contribution < -0.4 is 0 Å². The predicted molar refractivity (Wildman–Crippen MR) is 86.2 cm³/mol. The Labute approximate surface area is 140 Å². The third-order valence-corrected chi connectivity index (χ3v) is 4.24. The smallest absolute Gasteiger partial charge is 0.338 e. The molecule has 2 heterocycles. The van der Waals surface area contributed by atoms with Crippen molar-refractivity contribution in [2.24, 2.45) is 0 Å². The van der Waals surface area contributed by atoms with Crippen LogP contribution in [0.25, 0.3) is 0 Å². The number of hydrogen-bond acceptors (Lipinski definition) is 5. The maximum absolute atomic E-state index is 12.3. The fraction of sp³-hybridized carbons (Fsp3) is 0.389. The second-order valence-corrected chi connectivity index (χ2v) is 6.00. The molecular weight excluding hydrogens is 308 g/mol. The molecule has 0 aliphatic carbocycles. The molecule has 0 atom stereocenters. The first-order chi connectivity index (χ1) is 11.5. The summed E-state index contributed by atoms with van der Waals surface area (Å²) in [7, 11) is 0. The van der Waals surface area contributed by atoms with Gasteiger partial charge in [-0.2, -0.15) is 0 Å². The highest BCUT2D eigenvalue weighted by Crippen LogP contribution is 2.17. The number of benzene rings is 1. The van der Waals surface area contributed by atoms with Gasteiger partial charge >= 0.3 is 5.97 Å². The molecule has 0 spiro atoms. The van der Waals surface area contributed by atoms with Crippen LogP contribution in [0.1, 0.15) is 45.8 Å². The summed E-state index contributed by atoms with van der Waals surface area (Å²) in [6, 6.07) is 7.21. The Morgan fingerprint density at radius 3 is 2.88 bits per heavy atom. The molecule has 1 aromatic carbocycles. The number of hydrogen-bond donors (Lipinski definition) is 0.